The van der Waals surface area contributed by atoms with Gasteiger partial charge in [0.1, 0.15) is 12.4 Å². The van der Waals surface area contributed by atoms with Gasteiger partial charge >= 0.3 is 0 Å². The average molecular weight is 197 g/mol. The molecule has 0 heterocycles. The van der Waals surface area contributed by atoms with E-state index in [4.69, 9.17) is 10.5 Å². The van der Waals surface area contributed by atoms with Crippen LogP contribution in [0.5, 0.6) is 5.75 Å². The predicted molar refractivity (Wildman–Crippen MR) is 55.3 cm³/mol. The van der Waals surface area contributed by atoms with Crippen molar-refractivity contribution in [3.63, 3.8) is 0 Å². The predicted octanol–water partition coefficient (Wildman–Crippen LogP) is 1.92. The molecule has 1 aromatic rings. The van der Waals surface area contributed by atoms with Crippen LogP contribution in [-0.4, -0.2) is 19.3 Å². The number of rotatable bonds is 4. The Labute approximate surface area is 83.9 Å². The van der Waals surface area contributed by atoms with E-state index in [0.717, 1.165) is 11.3 Å². The molecule has 0 aliphatic carbocycles. The number of alkyl halides is 1. The second-order valence-electron chi connectivity index (χ2n) is 3.78. The molecule has 2 nitrogen and oxygen atoms in total. The number of methoxy groups -OCH3 is 1. The first-order chi connectivity index (χ1) is 6.59. The van der Waals surface area contributed by atoms with E-state index in [1.165, 1.54) is 0 Å². The van der Waals surface area contributed by atoms with Crippen molar-refractivity contribution in [2.45, 2.75) is 18.9 Å². The van der Waals surface area contributed by atoms with E-state index in [9.17, 15) is 4.39 Å². The van der Waals surface area contributed by atoms with Crippen LogP contribution < -0.4 is 10.5 Å². The van der Waals surface area contributed by atoms with Gasteiger partial charge in [-0.3, -0.25) is 0 Å². The van der Waals surface area contributed by atoms with Gasteiger partial charge in [0.25, 0.3) is 0 Å². The second-order valence-corrected chi connectivity index (χ2v) is 3.78. The van der Waals surface area contributed by atoms with E-state index in [-0.39, 0.29) is 0 Å². The fourth-order valence-corrected chi connectivity index (χ4v) is 1.33. The largest absolute Gasteiger partial charge is 0.496 e. The van der Waals surface area contributed by atoms with Crippen molar-refractivity contribution in [2.24, 2.45) is 5.73 Å². The van der Waals surface area contributed by atoms with Crippen molar-refractivity contribution < 1.29 is 9.13 Å². The number of nitrogens with two attached hydrogens (primary N) is 1. The molecule has 1 atom stereocenters. The van der Waals surface area contributed by atoms with Gasteiger partial charge < -0.3 is 10.5 Å². The molecule has 1 rings (SSSR count). The Morgan fingerprint density at radius 3 is 2.64 bits per heavy atom. The Bertz CT molecular complexity index is 299. The van der Waals surface area contributed by atoms with Crippen molar-refractivity contribution in [1.29, 1.82) is 0 Å². The summed E-state index contributed by atoms with van der Waals surface area (Å²) in [5, 5.41) is 0. The van der Waals surface area contributed by atoms with Crippen molar-refractivity contribution >= 4 is 0 Å². The molecule has 0 spiro atoms. The van der Waals surface area contributed by atoms with E-state index in [2.05, 4.69) is 0 Å². The third-order valence-electron chi connectivity index (χ3n) is 2.09. The lowest BCUT2D eigenvalue weighted by Crippen LogP contribution is -2.40. The molecular weight excluding hydrogens is 181 g/mol. The minimum Gasteiger partial charge on any atom is -0.496 e. The van der Waals surface area contributed by atoms with Crippen LogP contribution in [0.25, 0.3) is 0 Å². The fraction of sp³-hybridized carbons (Fsp3) is 0.455. The molecule has 1 unspecified atom stereocenters. The fourth-order valence-electron chi connectivity index (χ4n) is 1.33. The smallest absolute Gasteiger partial charge is 0.122 e. The molecule has 0 aliphatic heterocycles. The first-order valence-electron chi connectivity index (χ1n) is 4.56. The van der Waals surface area contributed by atoms with Gasteiger partial charge in [-0.2, -0.15) is 0 Å². The summed E-state index contributed by atoms with van der Waals surface area (Å²) < 4.78 is 17.7. The number of ether oxygens (including phenoxy) is 1. The number of hydrogen-bond acceptors (Lipinski definition) is 2. The standard InChI is InChI=1S/C11H16FNO/c1-11(13,8-12)7-9-5-3-4-6-10(9)14-2/h3-6H,7-8,13H2,1-2H3. The monoisotopic (exact) mass is 197 g/mol. The quantitative estimate of drug-likeness (QED) is 0.800. The van der Waals surface area contributed by atoms with E-state index in [1.54, 1.807) is 14.0 Å². The van der Waals surface area contributed by atoms with Gasteiger partial charge in [0.15, 0.2) is 0 Å². The number of halogens is 1. The molecular formula is C11H16FNO. The number of benzene rings is 1. The zero-order valence-electron chi connectivity index (χ0n) is 8.59. The lowest BCUT2D eigenvalue weighted by atomic mass is 9.95. The van der Waals surface area contributed by atoms with Crippen LogP contribution in [0.2, 0.25) is 0 Å². The zero-order valence-corrected chi connectivity index (χ0v) is 8.59. The first-order valence-corrected chi connectivity index (χ1v) is 4.56. The third kappa shape index (κ3) is 2.70. The van der Waals surface area contributed by atoms with Crippen LogP contribution in [0.1, 0.15) is 12.5 Å². The molecule has 78 valence electrons. The highest BCUT2D eigenvalue weighted by Crippen LogP contribution is 2.21. The number of para-hydroxylation sites is 1. The van der Waals surface area contributed by atoms with Gasteiger partial charge in [0, 0.05) is 5.54 Å². The minimum absolute atomic E-state index is 0.480. The van der Waals surface area contributed by atoms with E-state index >= 15 is 0 Å². The summed E-state index contributed by atoms with van der Waals surface area (Å²) in [4.78, 5) is 0. The molecule has 0 radical (unpaired) electrons. The molecule has 0 amide bonds. The summed E-state index contributed by atoms with van der Waals surface area (Å²) in [6, 6.07) is 7.53. The highest BCUT2D eigenvalue weighted by atomic mass is 19.1. The second kappa shape index (κ2) is 4.42. The van der Waals surface area contributed by atoms with Crippen molar-refractivity contribution in [2.75, 3.05) is 13.8 Å². The van der Waals surface area contributed by atoms with Crippen molar-refractivity contribution in [3.05, 3.63) is 29.8 Å². The molecule has 0 bridgehead atoms. The third-order valence-corrected chi connectivity index (χ3v) is 2.09. The number of hydrogen-bond donors (Lipinski definition) is 1. The molecule has 3 heteroatoms. The molecule has 0 saturated carbocycles. The Morgan fingerprint density at radius 2 is 2.07 bits per heavy atom. The van der Waals surface area contributed by atoms with Crippen LogP contribution in [-0.2, 0) is 6.42 Å². The Hall–Kier alpha value is -1.09. The molecule has 2 N–H and O–H groups in total. The lowest BCUT2D eigenvalue weighted by Gasteiger charge is -2.21. The Morgan fingerprint density at radius 1 is 1.43 bits per heavy atom. The molecule has 14 heavy (non-hydrogen) atoms. The van der Waals surface area contributed by atoms with Gasteiger partial charge in [-0.25, -0.2) is 4.39 Å². The Balaban J connectivity index is 2.85. The molecule has 0 saturated heterocycles. The zero-order chi connectivity index (χ0) is 10.6. The van der Waals surface area contributed by atoms with Gasteiger partial charge in [-0.1, -0.05) is 18.2 Å². The minimum atomic E-state index is -0.811. The summed E-state index contributed by atoms with van der Waals surface area (Å²) in [6.07, 6.45) is 0.480. The van der Waals surface area contributed by atoms with Crippen LogP contribution in [0.3, 0.4) is 0 Å². The maximum absolute atomic E-state index is 12.5. The normalized spacial score (nSPS) is 14.9. The van der Waals surface area contributed by atoms with Gasteiger partial charge in [-0.05, 0) is 25.0 Å². The summed E-state index contributed by atoms with van der Waals surface area (Å²) in [5.41, 5.74) is 5.87. The van der Waals surface area contributed by atoms with Crippen molar-refractivity contribution in [3.8, 4) is 5.75 Å². The highest BCUT2D eigenvalue weighted by Gasteiger charge is 2.20. The SMILES string of the molecule is COc1ccccc1CC(C)(N)CF. The van der Waals surface area contributed by atoms with Crippen LogP contribution in [0.15, 0.2) is 24.3 Å². The summed E-state index contributed by atoms with van der Waals surface area (Å²) in [7, 11) is 1.60. The molecule has 0 aliphatic rings. The van der Waals surface area contributed by atoms with Crippen LogP contribution in [0.4, 0.5) is 4.39 Å². The molecule has 0 fully saturated rings. The first kappa shape index (κ1) is 11.0. The Kier molecular flexibility index (Phi) is 3.47. The molecule has 1 aromatic carbocycles. The summed E-state index contributed by atoms with van der Waals surface area (Å²) >= 11 is 0. The van der Waals surface area contributed by atoms with Gasteiger partial charge in [-0.15, -0.1) is 0 Å². The summed E-state index contributed by atoms with van der Waals surface area (Å²) in [5.74, 6) is 0.762. The molecule has 0 aromatic heterocycles. The van der Waals surface area contributed by atoms with Crippen molar-refractivity contribution in [1.82, 2.24) is 0 Å². The highest BCUT2D eigenvalue weighted by molar-refractivity contribution is 5.34. The van der Waals surface area contributed by atoms with E-state index < -0.39 is 12.2 Å². The maximum Gasteiger partial charge on any atom is 0.122 e. The van der Waals surface area contributed by atoms with E-state index in [1.807, 2.05) is 24.3 Å². The van der Waals surface area contributed by atoms with E-state index in [0.29, 0.717) is 6.42 Å². The lowest BCUT2D eigenvalue weighted by molar-refractivity contribution is 0.322. The topological polar surface area (TPSA) is 35.2 Å². The van der Waals surface area contributed by atoms with Crippen LogP contribution in [0, 0.1) is 0 Å². The van der Waals surface area contributed by atoms with Gasteiger partial charge in [0.05, 0.1) is 7.11 Å². The van der Waals surface area contributed by atoms with Crippen LogP contribution >= 0.6 is 0 Å². The average Bonchev–Trinajstić information content (AvgIpc) is 2.18. The van der Waals surface area contributed by atoms with Gasteiger partial charge in [0.2, 0.25) is 0 Å². The maximum atomic E-state index is 12.5. The summed E-state index contributed by atoms with van der Waals surface area (Å²) in [6.45, 7) is 1.16.